The van der Waals surface area contributed by atoms with Crippen LogP contribution in [0.25, 0.3) is 11.0 Å². The first-order valence-electron chi connectivity index (χ1n) is 4.83. The molecule has 0 aliphatic rings. The molecule has 0 aliphatic carbocycles. The molecule has 0 aromatic carbocycles. The third kappa shape index (κ3) is 2.63. The van der Waals surface area contributed by atoms with Crippen LogP contribution in [0.15, 0.2) is 18.3 Å². The van der Waals surface area contributed by atoms with Crippen molar-refractivity contribution in [1.82, 2.24) is 14.9 Å². The third-order valence-corrected chi connectivity index (χ3v) is 2.66. The van der Waals surface area contributed by atoms with Gasteiger partial charge in [0.05, 0.1) is 5.69 Å². The minimum absolute atomic E-state index is 0.0573. The van der Waals surface area contributed by atoms with Crippen molar-refractivity contribution < 1.29 is 22.6 Å². The molecule has 0 aliphatic heterocycles. The Morgan fingerprint density at radius 2 is 2.28 bits per heavy atom. The molecule has 0 spiro atoms. The van der Waals surface area contributed by atoms with E-state index in [0.717, 1.165) is 4.85 Å². The molecular weight excluding hydrogens is 262 g/mol. The molecule has 9 heteroatoms. The molecule has 0 amide bonds. The molecule has 2 rings (SSSR count). The standard InChI is InChI=1S/C9H9N3O5S/c1-6(13)17-12-9-7(3-2-4-10-9)8(11-12)5-18(14,15)16/h2-4H,5H2,1H3,(H,14,15,16). The summed E-state index contributed by atoms with van der Waals surface area (Å²) in [4.78, 5) is 20.4. The number of hydrogen-bond acceptors (Lipinski definition) is 6. The minimum Gasteiger partial charge on any atom is -0.318 e. The molecule has 1 N–H and O–H groups in total. The zero-order valence-electron chi connectivity index (χ0n) is 9.27. The Kier molecular flexibility index (Phi) is 3.01. The van der Waals surface area contributed by atoms with Crippen molar-refractivity contribution in [3.05, 3.63) is 24.0 Å². The molecule has 0 atom stereocenters. The SMILES string of the molecule is CC(=O)On1nc(CS(=O)(=O)O)c2cccnc21. The van der Waals surface area contributed by atoms with Gasteiger partial charge in [0.1, 0.15) is 5.75 Å². The van der Waals surface area contributed by atoms with Gasteiger partial charge >= 0.3 is 5.97 Å². The lowest BCUT2D eigenvalue weighted by Crippen LogP contribution is -2.18. The van der Waals surface area contributed by atoms with E-state index in [-0.39, 0.29) is 11.3 Å². The molecule has 18 heavy (non-hydrogen) atoms. The van der Waals surface area contributed by atoms with E-state index in [4.69, 9.17) is 9.39 Å². The lowest BCUT2D eigenvalue weighted by atomic mass is 10.3. The summed E-state index contributed by atoms with van der Waals surface area (Å²) < 4.78 is 30.5. The monoisotopic (exact) mass is 271 g/mol. The fourth-order valence-corrected chi connectivity index (χ4v) is 2.01. The zero-order chi connectivity index (χ0) is 13.3. The molecule has 0 fully saturated rings. The summed E-state index contributed by atoms with van der Waals surface area (Å²) in [5.41, 5.74) is 0.258. The summed E-state index contributed by atoms with van der Waals surface area (Å²) in [6, 6.07) is 3.14. The Morgan fingerprint density at radius 3 is 2.89 bits per heavy atom. The summed E-state index contributed by atoms with van der Waals surface area (Å²) in [5, 5.41) is 4.17. The number of pyridine rings is 1. The van der Waals surface area contributed by atoms with Crippen LogP contribution in [-0.2, 0) is 20.7 Å². The maximum atomic E-state index is 10.9. The highest BCUT2D eigenvalue weighted by molar-refractivity contribution is 7.85. The van der Waals surface area contributed by atoms with Crippen LogP contribution < -0.4 is 4.84 Å². The van der Waals surface area contributed by atoms with Crippen molar-refractivity contribution in [2.24, 2.45) is 0 Å². The van der Waals surface area contributed by atoms with Crippen molar-refractivity contribution in [2.45, 2.75) is 12.7 Å². The second-order valence-corrected chi connectivity index (χ2v) is 4.96. The van der Waals surface area contributed by atoms with Gasteiger partial charge in [-0.3, -0.25) is 4.55 Å². The fraction of sp³-hybridized carbons (Fsp3) is 0.222. The second-order valence-electron chi connectivity index (χ2n) is 3.50. The minimum atomic E-state index is -4.23. The Bertz CT molecular complexity index is 706. The van der Waals surface area contributed by atoms with Crippen LogP contribution in [0.2, 0.25) is 0 Å². The Hall–Kier alpha value is -2.00. The zero-order valence-corrected chi connectivity index (χ0v) is 10.1. The Morgan fingerprint density at radius 1 is 1.56 bits per heavy atom. The number of aromatic nitrogens is 3. The highest BCUT2D eigenvalue weighted by Crippen LogP contribution is 2.17. The van der Waals surface area contributed by atoms with Gasteiger partial charge in [-0.05, 0) is 12.1 Å². The van der Waals surface area contributed by atoms with Gasteiger partial charge in [0, 0.05) is 18.5 Å². The van der Waals surface area contributed by atoms with Crippen LogP contribution >= 0.6 is 0 Å². The van der Waals surface area contributed by atoms with Crippen LogP contribution in [-0.4, -0.2) is 33.9 Å². The summed E-state index contributed by atoms with van der Waals surface area (Å²) in [6.45, 7) is 1.18. The van der Waals surface area contributed by atoms with Crippen LogP contribution in [0.1, 0.15) is 12.6 Å². The van der Waals surface area contributed by atoms with Crippen LogP contribution in [0.5, 0.6) is 0 Å². The quantitative estimate of drug-likeness (QED) is 0.769. The average Bonchev–Trinajstić information content (AvgIpc) is 2.54. The van der Waals surface area contributed by atoms with Crippen LogP contribution in [0.4, 0.5) is 0 Å². The predicted molar refractivity (Wildman–Crippen MR) is 60.0 cm³/mol. The number of hydrogen-bond donors (Lipinski definition) is 1. The van der Waals surface area contributed by atoms with Crippen molar-refractivity contribution in [1.29, 1.82) is 0 Å². The molecule has 2 aromatic rings. The lowest BCUT2D eigenvalue weighted by Gasteiger charge is -1.98. The van der Waals surface area contributed by atoms with E-state index >= 15 is 0 Å². The van der Waals surface area contributed by atoms with E-state index < -0.39 is 21.8 Å². The van der Waals surface area contributed by atoms with Crippen molar-refractivity contribution in [2.75, 3.05) is 0 Å². The van der Waals surface area contributed by atoms with E-state index in [1.54, 1.807) is 12.1 Å². The molecule has 0 radical (unpaired) electrons. The van der Waals surface area contributed by atoms with Gasteiger partial charge in [-0.1, -0.05) is 4.85 Å². The van der Waals surface area contributed by atoms with E-state index in [1.807, 2.05) is 0 Å². The topological polar surface area (TPSA) is 111 Å². The Labute approximate surface area is 102 Å². The molecule has 0 bridgehead atoms. The summed E-state index contributed by atoms with van der Waals surface area (Å²) >= 11 is 0. The predicted octanol–water partition coefficient (Wildman–Crippen LogP) is -0.206. The Balaban J connectivity index is 2.57. The molecule has 96 valence electrons. The molecule has 0 saturated heterocycles. The van der Waals surface area contributed by atoms with Crippen LogP contribution in [0, 0.1) is 0 Å². The highest BCUT2D eigenvalue weighted by atomic mass is 32.2. The molecule has 0 unspecified atom stereocenters. The number of carbonyl (C=O) groups is 1. The maximum Gasteiger partial charge on any atom is 0.332 e. The lowest BCUT2D eigenvalue weighted by molar-refractivity contribution is -0.142. The molecule has 0 saturated carbocycles. The van der Waals surface area contributed by atoms with Crippen LogP contribution in [0.3, 0.4) is 0 Å². The number of nitrogens with zero attached hydrogens (tertiary/aromatic N) is 3. The van der Waals surface area contributed by atoms with Crippen molar-refractivity contribution >= 4 is 27.1 Å². The smallest absolute Gasteiger partial charge is 0.318 e. The van der Waals surface area contributed by atoms with Gasteiger partial charge in [0.25, 0.3) is 10.1 Å². The molecular formula is C9H9N3O5S. The van der Waals surface area contributed by atoms with Gasteiger partial charge in [-0.15, -0.1) is 5.10 Å². The third-order valence-electron chi connectivity index (χ3n) is 2.02. The molecule has 2 heterocycles. The van der Waals surface area contributed by atoms with Gasteiger partial charge in [-0.2, -0.15) is 8.42 Å². The molecule has 8 nitrogen and oxygen atoms in total. The molecule has 2 aromatic heterocycles. The number of carbonyl (C=O) groups excluding carboxylic acids is 1. The first-order valence-corrected chi connectivity index (χ1v) is 6.44. The average molecular weight is 271 g/mol. The largest absolute Gasteiger partial charge is 0.332 e. The number of fused-ring (bicyclic) bond motifs is 1. The summed E-state index contributed by atoms with van der Waals surface area (Å²) in [5.74, 6) is -1.30. The van der Waals surface area contributed by atoms with E-state index in [0.29, 0.717) is 5.39 Å². The number of rotatable bonds is 3. The summed E-state index contributed by atoms with van der Waals surface area (Å²) in [7, 11) is -4.23. The first kappa shape index (κ1) is 12.5. The van der Waals surface area contributed by atoms with Gasteiger partial charge < -0.3 is 4.84 Å². The van der Waals surface area contributed by atoms with Crippen molar-refractivity contribution in [3.8, 4) is 0 Å². The fourth-order valence-electron chi connectivity index (χ4n) is 1.45. The van der Waals surface area contributed by atoms with Crippen molar-refractivity contribution in [3.63, 3.8) is 0 Å². The van der Waals surface area contributed by atoms with Gasteiger partial charge in [-0.25, -0.2) is 9.78 Å². The second kappa shape index (κ2) is 4.35. The van der Waals surface area contributed by atoms with E-state index in [9.17, 15) is 13.2 Å². The van der Waals surface area contributed by atoms with Gasteiger partial charge in [0.2, 0.25) is 0 Å². The first-order chi connectivity index (χ1) is 8.37. The van der Waals surface area contributed by atoms with E-state index in [2.05, 4.69) is 10.1 Å². The summed E-state index contributed by atoms with van der Waals surface area (Å²) in [6.07, 6.45) is 1.45. The van der Waals surface area contributed by atoms with E-state index in [1.165, 1.54) is 13.1 Å². The maximum absolute atomic E-state index is 10.9. The highest BCUT2D eigenvalue weighted by Gasteiger charge is 2.18. The normalized spacial score (nSPS) is 11.7. The van der Waals surface area contributed by atoms with Gasteiger partial charge in [0.15, 0.2) is 5.65 Å².